The zero-order valence-corrected chi connectivity index (χ0v) is 7.68. The van der Waals surface area contributed by atoms with Crippen LogP contribution in [0.15, 0.2) is 12.3 Å². The van der Waals surface area contributed by atoms with Crippen molar-refractivity contribution in [2.45, 2.75) is 34.1 Å². The van der Waals surface area contributed by atoms with Gasteiger partial charge in [-0.1, -0.05) is 6.92 Å². The van der Waals surface area contributed by atoms with Crippen molar-refractivity contribution >= 4 is 5.97 Å². The third kappa shape index (κ3) is 4.59. The highest BCUT2D eigenvalue weighted by atomic mass is 16.5. The Kier molecular flexibility index (Phi) is 3.86. The maximum atomic E-state index is 11.1. The first-order valence-corrected chi connectivity index (χ1v) is 3.84. The van der Waals surface area contributed by atoms with Crippen LogP contribution in [0.25, 0.3) is 0 Å². The fourth-order valence-electron chi connectivity index (χ4n) is 0.383. The molecule has 0 aromatic rings. The van der Waals surface area contributed by atoms with Crippen molar-refractivity contribution in [3.63, 3.8) is 0 Å². The monoisotopic (exact) mass is 156 g/mol. The summed E-state index contributed by atoms with van der Waals surface area (Å²) in [5.41, 5.74) is -0.405. The standard InChI is InChI=1S/C9H16O2/c1-5-6-7-11-8(10)9(2,3)4/h6-7H,5H2,1-4H3. The number of hydrogen-bond acceptors (Lipinski definition) is 2. The molecule has 0 saturated heterocycles. The van der Waals surface area contributed by atoms with Crippen molar-refractivity contribution < 1.29 is 9.53 Å². The lowest BCUT2D eigenvalue weighted by atomic mass is 9.98. The minimum atomic E-state index is -0.405. The summed E-state index contributed by atoms with van der Waals surface area (Å²) in [6, 6.07) is 0. The van der Waals surface area contributed by atoms with Crippen molar-refractivity contribution in [1.82, 2.24) is 0 Å². The summed E-state index contributed by atoms with van der Waals surface area (Å²) in [6.07, 6.45) is 4.15. The SMILES string of the molecule is CCC=COC(=O)C(C)(C)C. The molecule has 0 fully saturated rings. The topological polar surface area (TPSA) is 26.3 Å². The number of ether oxygens (including phenoxy) is 1. The van der Waals surface area contributed by atoms with Gasteiger partial charge in [-0.3, -0.25) is 4.79 Å². The number of hydrogen-bond donors (Lipinski definition) is 0. The third-order valence-corrected chi connectivity index (χ3v) is 1.12. The molecule has 0 rings (SSSR count). The van der Waals surface area contributed by atoms with Gasteiger partial charge in [0.25, 0.3) is 0 Å². The Hall–Kier alpha value is -0.790. The molecule has 0 unspecified atom stereocenters. The molecule has 0 atom stereocenters. The Morgan fingerprint density at radius 1 is 1.45 bits per heavy atom. The van der Waals surface area contributed by atoms with E-state index in [0.29, 0.717) is 0 Å². The Labute approximate surface area is 68.2 Å². The largest absolute Gasteiger partial charge is 0.434 e. The van der Waals surface area contributed by atoms with E-state index in [9.17, 15) is 4.79 Å². The molecule has 0 aliphatic carbocycles. The van der Waals surface area contributed by atoms with E-state index in [1.165, 1.54) is 6.26 Å². The fraction of sp³-hybridized carbons (Fsp3) is 0.667. The van der Waals surface area contributed by atoms with E-state index in [1.54, 1.807) is 0 Å². The van der Waals surface area contributed by atoms with Crippen molar-refractivity contribution in [3.05, 3.63) is 12.3 Å². The maximum absolute atomic E-state index is 11.1. The molecule has 0 saturated carbocycles. The molecule has 0 N–H and O–H groups in total. The lowest BCUT2D eigenvalue weighted by Gasteiger charge is -2.13. The zero-order valence-electron chi connectivity index (χ0n) is 7.68. The van der Waals surface area contributed by atoms with Crippen LogP contribution in [0, 0.1) is 5.41 Å². The molecule has 0 heterocycles. The molecule has 0 aromatic heterocycles. The van der Waals surface area contributed by atoms with E-state index in [2.05, 4.69) is 0 Å². The van der Waals surface area contributed by atoms with E-state index in [1.807, 2.05) is 33.8 Å². The maximum Gasteiger partial charge on any atom is 0.316 e. The molecular formula is C9H16O2. The van der Waals surface area contributed by atoms with E-state index < -0.39 is 5.41 Å². The molecule has 0 spiro atoms. The fourth-order valence-corrected chi connectivity index (χ4v) is 0.383. The second kappa shape index (κ2) is 4.16. The molecular weight excluding hydrogens is 140 g/mol. The summed E-state index contributed by atoms with van der Waals surface area (Å²) < 4.78 is 4.83. The van der Waals surface area contributed by atoms with Crippen molar-refractivity contribution in [1.29, 1.82) is 0 Å². The number of carbonyl (C=O) groups is 1. The van der Waals surface area contributed by atoms with Crippen LogP contribution < -0.4 is 0 Å². The van der Waals surface area contributed by atoms with Gasteiger partial charge in [0.2, 0.25) is 0 Å². The zero-order chi connectivity index (χ0) is 8.91. The summed E-state index contributed by atoms with van der Waals surface area (Å²) >= 11 is 0. The first kappa shape index (κ1) is 10.2. The van der Waals surface area contributed by atoms with Gasteiger partial charge < -0.3 is 4.74 Å². The van der Waals surface area contributed by atoms with Gasteiger partial charge in [0.15, 0.2) is 0 Å². The van der Waals surface area contributed by atoms with E-state index in [0.717, 1.165) is 6.42 Å². The summed E-state index contributed by atoms with van der Waals surface area (Å²) in [5, 5.41) is 0. The van der Waals surface area contributed by atoms with E-state index in [4.69, 9.17) is 4.74 Å². The van der Waals surface area contributed by atoms with E-state index >= 15 is 0 Å². The number of rotatable bonds is 2. The minimum absolute atomic E-state index is 0.192. The van der Waals surface area contributed by atoms with Gasteiger partial charge in [0.05, 0.1) is 11.7 Å². The molecule has 64 valence electrons. The number of carbonyl (C=O) groups excluding carboxylic acids is 1. The smallest absolute Gasteiger partial charge is 0.316 e. The Morgan fingerprint density at radius 2 is 2.00 bits per heavy atom. The van der Waals surface area contributed by atoms with Crippen LogP contribution in [-0.2, 0) is 9.53 Å². The summed E-state index contributed by atoms with van der Waals surface area (Å²) in [4.78, 5) is 11.1. The average Bonchev–Trinajstić information content (AvgIpc) is 1.86. The van der Waals surface area contributed by atoms with Crippen LogP contribution in [-0.4, -0.2) is 5.97 Å². The first-order valence-electron chi connectivity index (χ1n) is 3.84. The molecule has 0 bridgehead atoms. The van der Waals surface area contributed by atoms with Crippen molar-refractivity contribution in [2.75, 3.05) is 0 Å². The molecule has 0 amide bonds. The minimum Gasteiger partial charge on any atom is -0.434 e. The summed E-state index contributed by atoms with van der Waals surface area (Å²) in [5.74, 6) is -0.192. The molecule has 0 aliphatic heterocycles. The molecule has 0 aromatic carbocycles. The van der Waals surface area contributed by atoms with Gasteiger partial charge in [-0.05, 0) is 33.3 Å². The van der Waals surface area contributed by atoms with Gasteiger partial charge in [-0.25, -0.2) is 0 Å². The first-order chi connectivity index (χ1) is 4.98. The lowest BCUT2D eigenvalue weighted by molar-refractivity contribution is -0.146. The summed E-state index contributed by atoms with van der Waals surface area (Å²) in [7, 11) is 0. The third-order valence-electron chi connectivity index (χ3n) is 1.12. The van der Waals surface area contributed by atoms with Crippen LogP contribution in [0.4, 0.5) is 0 Å². The predicted octanol–water partition coefficient (Wildman–Crippen LogP) is 2.50. The molecule has 0 radical (unpaired) electrons. The van der Waals surface area contributed by atoms with Crippen LogP contribution >= 0.6 is 0 Å². The summed E-state index contributed by atoms with van der Waals surface area (Å²) in [6.45, 7) is 7.47. The lowest BCUT2D eigenvalue weighted by Crippen LogP contribution is -2.20. The Morgan fingerprint density at radius 3 is 2.36 bits per heavy atom. The van der Waals surface area contributed by atoms with E-state index in [-0.39, 0.29) is 5.97 Å². The molecule has 2 heteroatoms. The van der Waals surface area contributed by atoms with Gasteiger partial charge in [0.1, 0.15) is 0 Å². The van der Waals surface area contributed by atoms with Crippen molar-refractivity contribution in [2.24, 2.45) is 5.41 Å². The number of allylic oxidation sites excluding steroid dienone is 1. The van der Waals surface area contributed by atoms with Gasteiger partial charge in [0, 0.05) is 0 Å². The van der Waals surface area contributed by atoms with Gasteiger partial charge in [-0.2, -0.15) is 0 Å². The number of esters is 1. The molecule has 2 nitrogen and oxygen atoms in total. The average molecular weight is 156 g/mol. The van der Waals surface area contributed by atoms with Crippen LogP contribution in [0.2, 0.25) is 0 Å². The predicted molar refractivity (Wildman–Crippen MR) is 45.0 cm³/mol. The Balaban J connectivity index is 3.80. The van der Waals surface area contributed by atoms with Crippen molar-refractivity contribution in [3.8, 4) is 0 Å². The van der Waals surface area contributed by atoms with Crippen LogP contribution in [0.1, 0.15) is 34.1 Å². The normalized spacial score (nSPS) is 12.0. The second-order valence-corrected chi connectivity index (χ2v) is 3.44. The van der Waals surface area contributed by atoms with Gasteiger partial charge >= 0.3 is 5.97 Å². The highest BCUT2D eigenvalue weighted by Gasteiger charge is 2.21. The van der Waals surface area contributed by atoms with Crippen LogP contribution in [0.3, 0.4) is 0 Å². The second-order valence-electron chi connectivity index (χ2n) is 3.44. The van der Waals surface area contributed by atoms with Gasteiger partial charge in [-0.15, -0.1) is 0 Å². The quantitative estimate of drug-likeness (QED) is 0.453. The van der Waals surface area contributed by atoms with Crippen LogP contribution in [0.5, 0.6) is 0 Å². The Bertz CT molecular complexity index is 151. The highest BCUT2D eigenvalue weighted by molar-refractivity contribution is 5.75. The highest BCUT2D eigenvalue weighted by Crippen LogP contribution is 2.14. The molecule has 11 heavy (non-hydrogen) atoms. The molecule has 0 aliphatic rings.